The van der Waals surface area contributed by atoms with Crippen LogP contribution in [0.25, 0.3) is 0 Å². The standard InChI is InChI=1S/C23H21ClN2O3.C2HF3O2/c1-2-26(15-16-6-4-3-5-7-16)21-13-10-18(23(28)29)14-20(21)25-22(27)17-8-11-19(24)12-9-17;3-2(4,5)1(6)7/h3-14H,2,15H2,1H3,(H,25,27)(H,28,29);(H,6,7). The molecule has 3 rings (SSSR count). The highest BCUT2D eigenvalue weighted by Gasteiger charge is 2.38. The minimum atomic E-state index is -5.08. The van der Waals surface area contributed by atoms with Crippen molar-refractivity contribution in [3.05, 3.63) is 94.5 Å². The van der Waals surface area contributed by atoms with Crippen molar-refractivity contribution in [2.75, 3.05) is 16.8 Å². The molecule has 0 saturated carbocycles. The maximum Gasteiger partial charge on any atom is 0.490 e. The van der Waals surface area contributed by atoms with E-state index in [1.54, 1.807) is 36.4 Å². The summed E-state index contributed by atoms with van der Waals surface area (Å²) in [6.45, 7) is 3.33. The molecule has 11 heteroatoms. The van der Waals surface area contributed by atoms with E-state index < -0.39 is 18.1 Å². The van der Waals surface area contributed by atoms with E-state index in [4.69, 9.17) is 21.5 Å². The Labute approximate surface area is 209 Å². The molecule has 3 aromatic carbocycles. The number of aromatic carboxylic acids is 1. The molecule has 3 N–H and O–H groups in total. The Bertz CT molecular complexity index is 1200. The second-order valence-corrected chi connectivity index (χ2v) is 7.74. The number of alkyl halides is 3. The van der Waals surface area contributed by atoms with Gasteiger partial charge in [0.05, 0.1) is 16.9 Å². The molecule has 3 aromatic rings. The molecule has 0 bridgehead atoms. The summed E-state index contributed by atoms with van der Waals surface area (Å²) in [5, 5.41) is 19.9. The molecule has 190 valence electrons. The number of nitrogens with one attached hydrogen (secondary N) is 1. The molecular formula is C25H22ClF3N2O5. The average Bonchev–Trinajstić information content (AvgIpc) is 2.83. The summed E-state index contributed by atoms with van der Waals surface area (Å²) in [6, 6.07) is 21.2. The van der Waals surface area contributed by atoms with Crippen LogP contribution in [-0.4, -0.2) is 40.8 Å². The SMILES string of the molecule is CCN(Cc1ccccc1)c1ccc(C(=O)O)cc1NC(=O)c1ccc(Cl)cc1.O=C(O)C(F)(F)F. The molecule has 0 saturated heterocycles. The summed E-state index contributed by atoms with van der Waals surface area (Å²) in [4.78, 5) is 35.1. The Morgan fingerprint density at radius 1 is 0.917 bits per heavy atom. The zero-order chi connectivity index (χ0) is 26.9. The third-order valence-corrected chi connectivity index (χ3v) is 5.03. The van der Waals surface area contributed by atoms with Crippen LogP contribution in [0.4, 0.5) is 24.5 Å². The lowest BCUT2D eigenvalue weighted by Crippen LogP contribution is -2.24. The molecule has 0 aromatic heterocycles. The molecule has 0 spiro atoms. The second kappa shape index (κ2) is 12.6. The average molecular weight is 523 g/mol. The van der Waals surface area contributed by atoms with Crippen LogP contribution in [0.2, 0.25) is 5.02 Å². The lowest BCUT2D eigenvalue weighted by Gasteiger charge is -2.26. The molecule has 1 amide bonds. The number of halogens is 4. The number of aliphatic carboxylic acids is 1. The van der Waals surface area contributed by atoms with Gasteiger partial charge in [0, 0.05) is 23.7 Å². The van der Waals surface area contributed by atoms with Crippen LogP contribution in [-0.2, 0) is 11.3 Å². The minimum absolute atomic E-state index is 0.107. The third-order valence-electron chi connectivity index (χ3n) is 4.78. The fraction of sp³-hybridized carbons (Fsp3) is 0.160. The second-order valence-electron chi connectivity index (χ2n) is 7.30. The number of hydrogen-bond acceptors (Lipinski definition) is 4. The number of amides is 1. The predicted octanol–water partition coefficient (Wildman–Crippen LogP) is 5.95. The lowest BCUT2D eigenvalue weighted by molar-refractivity contribution is -0.192. The molecule has 36 heavy (non-hydrogen) atoms. The molecule has 0 unspecified atom stereocenters. The van der Waals surface area contributed by atoms with Gasteiger partial charge >= 0.3 is 18.1 Å². The first-order valence-corrected chi connectivity index (χ1v) is 10.8. The predicted molar refractivity (Wildman–Crippen MR) is 130 cm³/mol. The van der Waals surface area contributed by atoms with Gasteiger partial charge in [-0.15, -0.1) is 0 Å². The Morgan fingerprint density at radius 3 is 1.97 bits per heavy atom. The van der Waals surface area contributed by atoms with Crippen LogP contribution >= 0.6 is 11.6 Å². The van der Waals surface area contributed by atoms with Crippen molar-refractivity contribution < 1.29 is 37.8 Å². The highest BCUT2D eigenvalue weighted by molar-refractivity contribution is 6.30. The number of carbonyl (C=O) groups excluding carboxylic acids is 1. The van der Waals surface area contributed by atoms with Crippen molar-refractivity contribution in [3.8, 4) is 0 Å². The normalized spacial score (nSPS) is 10.6. The fourth-order valence-electron chi connectivity index (χ4n) is 3.01. The molecule has 0 aliphatic rings. The van der Waals surface area contributed by atoms with Crippen molar-refractivity contribution in [1.82, 2.24) is 0 Å². The van der Waals surface area contributed by atoms with Gasteiger partial charge in [0.25, 0.3) is 5.91 Å². The van der Waals surface area contributed by atoms with Crippen molar-refractivity contribution in [2.45, 2.75) is 19.6 Å². The number of hydrogen-bond donors (Lipinski definition) is 3. The third kappa shape index (κ3) is 8.31. The monoisotopic (exact) mass is 522 g/mol. The highest BCUT2D eigenvalue weighted by atomic mass is 35.5. The Hall–Kier alpha value is -4.05. The van der Waals surface area contributed by atoms with Gasteiger partial charge in [-0.25, -0.2) is 9.59 Å². The van der Waals surface area contributed by atoms with E-state index in [1.165, 1.54) is 6.07 Å². The Balaban J connectivity index is 0.000000572. The molecule has 7 nitrogen and oxygen atoms in total. The van der Waals surface area contributed by atoms with Gasteiger partial charge in [-0.2, -0.15) is 13.2 Å². The number of carbonyl (C=O) groups is 3. The molecule has 0 heterocycles. The molecule has 0 radical (unpaired) electrons. The zero-order valence-electron chi connectivity index (χ0n) is 18.9. The van der Waals surface area contributed by atoms with Gasteiger partial charge in [0.1, 0.15) is 0 Å². The van der Waals surface area contributed by atoms with Crippen molar-refractivity contribution >= 4 is 40.8 Å². The maximum atomic E-state index is 12.7. The van der Waals surface area contributed by atoms with Gasteiger partial charge in [-0.05, 0) is 55.0 Å². The first kappa shape index (κ1) is 28.2. The van der Waals surface area contributed by atoms with E-state index in [2.05, 4.69) is 10.2 Å². The van der Waals surface area contributed by atoms with Crippen LogP contribution in [0, 0.1) is 0 Å². The first-order valence-electron chi connectivity index (χ1n) is 10.5. The number of carboxylic acid groups (broad SMARTS) is 2. The summed E-state index contributed by atoms with van der Waals surface area (Å²) in [5.41, 5.74) is 2.86. The zero-order valence-corrected chi connectivity index (χ0v) is 19.7. The minimum Gasteiger partial charge on any atom is -0.478 e. The van der Waals surface area contributed by atoms with E-state index in [0.29, 0.717) is 29.4 Å². The molecule has 0 aliphatic heterocycles. The van der Waals surface area contributed by atoms with Gasteiger partial charge < -0.3 is 20.4 Å². The summed E-state index contributed by atoms with van der Waals surface area (Å²) in [5.74, 6) is -4.14. The number of nitrogens with zero attached hydrogens (tertiary/aromatic N) is 1. The fourth-order valence-corrected chi connectivity index (χ4v) is 3.14. The van der Waals surface area contributed by atoms with Gasteiger partial charge in [-0.3, -0.25) is 4.79 Å². The van der Waals surface area contributed by atoms with E-state index in [0.717, 1.165) is 11.3 Å². The summed E-state index contributed by atoms with van der Waals surface area (Å²) >= 11 is 5.89. The lowest BCUT2D eigenvalue weighted by atomic mass is 10.1. The van der Waals surface area contributed by atoms with Crippen LogP contribution < -0.4 is 10.2 Å². The summed E-state index contributed by atoms with van der Waals surface area (Å²) in [7, 11) is 0. The van der Waals surface area contributed by atoms with Gasteiger partial charge in [0.15, 0.2) is 0 Å². The maximum absolute atomic E-state index is 12.7. The van der Waals surface area contributed by atoms with E-state index in [1.807, 2.05) is 37.3 Å². The quantitative estimate of drug-likeness (QED) is 0.354. The van der Waals surface area contributed by atoms with Gasteiger partial charge in [-0.1, -0.05) is 41.9 Å². The van der Waals surface area contributed by atoms with E-state index in [-0.39, 0.29) is 11.5 Å². The topological polar surface area (TPSA) is 107 Å². The van der Waals surface area contributed by atoms with Crippen LogP contribution in [0.1, 0.15) is 33.2 Å². The van der Waals surface area contributed by atoms with Crippen molar-refractivity contribution in [1.29, 1.82) is 0 Å². The van der Waals surface area contributed by atoms with E-state index >= 15 is 0 Å². The Morgan fingerprint density at radius 2 is 1.47 bits per heavy atom. The summed E-state index contributed by atoms with van der Waals surface area (Å²) < 4.78 is 31.7. The van der Waals surface area contributed by atoms with Crippen molar-refractivity contribution in [3.63, 3.8) is 0 Å². The van der Waals surface area contributed by atoms with Crippen LogP contribution in [0.3, 0.4) is 0 Å². The number of carboxylic acids is 2. The van der Waals surface area contributed by atoms with E-state index in [9.17, 15) is 27.9 Å². The number of anilines is 2. The first-order chi connectivity index (χ1) is 16.9. The molecule has 0 aliphatic carbocycles. The van der Waals surface area contributed by atoms with Crippen LogP contribution in [0.15, 0.2) is 72.8 Å². The summed E-state index contributed by atoms with van der Waals surface area (Å²) in [6.07, 6.45) is -5.08. The van der Waals surface area contributed by atoms with Crippen molar-refractivity contribution in [2.24, 2.45) is 0 Å². The van der Waals surface area contributed by atoms with Crippen LogP contribution in [0.5, 0.6) is 0 Å². The molecular weight excluding hydrogens is 501 g/mol. The smallest absolute Gasteiger partial charge is 0.478 e. The Kier molecular flexibility index (Phi) is 9.86. The molecule has 0 atom stereocenters. The number of benzene rings is 3. The largest absolute Gasteiger partial charge is 0.490 e. The van der Waals surface area contributed by atoms with Gasteiger partial charge in [0.2, 0.25) is 0 Å². The highest BCUT2D eigenvalue weighted by Crippen LogP contribution is 2.29. The molecule has 0 fully saturated rings. The number of rotatable bonds is 7.